The zero-order chi connectivity index (χ0) is 15.8. The maximum absolute atomic E-state index is 6.09. The van der Waals surface area contributed by atoms with Gasteiger partial charge in [-0.1, -0.05) is 29.8 Å². The van der Waals surface area contributed by atoms with Crippen molar-refractivity contribution < 1.29 is 9.84 Å². The highest BCUT2D eigenvalue weighted by atomic mass is 35.5. The number of nitrogens with one attached hydrogen (secondary N) is 3. The minimum Gasteiger partial charge on any atom is -0.489 e. The number of hydrogen-bond acceptors (Lipinski definition) is 2. The quantitative estimate of drug-likeness (QED) is 0.440. The third kappa shape index (κ3) is 5.02. The van der Waals surface area contributed by atoms with E-state index in [4.69, 9.17) is 28.6 Å². The molecule has 0 aliphatic carbocycles. The summed E-state index contributed by atoms with van der Waals surface area (Å²) in [7, 11) is 1.75. The van der Waals surface area contributed by atoms with Crippen molar-refractivity contribution >= 4 is 35.1 Å². The molecule has 6 heteroatoms. The molecule has 4 nitrogen and oxygen atoms in total. The van der Waals surface area contributed by atoms with Gasteiger partial charge < -0.3 is 10.1 Å². The van der Waals surface area contributed by atoms with E-state index in [0.29, 0.717) is 16.7 Å². The van der Waals surface area contributed by atoms with Crippen LogP contribution in [0.15, 0.2) is 48.5 Å². The van der Waals surface area contributed by atoms with Crippen LogP contribution in [0.25, 0.3) is 0 Å². The van der Waals surface area contributed by atoms with E-state index in [1.54, 1.807) is 7.05 Å². The first-order valence-electron chi connectivity index (χ1n) is 6.72. The van der Waals surface area contributed by atoms with E-state index in [1.807, 2.05) is 54.7 Å². The topological polar surface area (TPSA) is 47.3 Å². The lowest BCUT2D eigenvalue weighted by Gasteiger charge is -2.07. The fourth-order valence-corrected chi connectivity index (χ4v) is 1.93. The Morgan fingerprint density at radius 2 is 1.95 bits per heavy atom. The smallest absolute Gasteiger partial charge is 0.223 e. The number of hydrogen-bond donors (Lipinski definition) is 3. The van der Waals surface area contributed by atoms with Crippen molar-refractivity contribution in [2.24, 2.45) is 0 Å². The number of hydrazine groups is 1. The second-order valence-corrected chi connectivity index (χ2v) is 5.26. The lowest BCUT2D eigenvalue weighted by Crippen LogP contribution is -2.82. The molecule has 22 heavy (non-hydrogen) atoms. The van der Waals surface area contributed by atoms with Crippen LogP contribution < -0.4 is 20.6 Å². The first-order valence-corrected chi connectivity index (χ1v) is 7.50. The number of halogens is 1. The van der Waals surface area contributed by atoms with E-state index in [-0.39, 0.29) is 0 Å². The Kier molecular flexibility index (Phi) is 6.18. The van der Waals surface area contributed by atoms with Gasteiger partial charge in [-0.25, -0.2) is 0 Å². The molecule has 0 amide bonds. The fourth-order valence-electron chi connectivity index (χ4n) is 1.68. The molecule has 114 valence electrons. The van der Waals surface area contributed by atoms with Gasteiger partial charge in [-0.15, -0.1) is 10.5 Å². The molecule has 0 aromatic heterocycles. The van der Waals surface area contributed by atoms with Crippen molar-refractivity contribution in [2.45, 2.75) is 6.61 Å². The van der Waals surface area contributed by atoms with Gasteiger partial charge in [0.15, 0.2) is 6.21 Å². The lowest BCUT2D eigenvalue weighted by molar-refractivity contribution is -0.500. The molecule has 2 aromatic carbocycles. The SMILES string of the molecule is CNC(=S)N[NH+]=Cc1ccc(OCc2ccccc2Cl)cc1. The van der Waals surface area contributed by atoms with Gasteiger partial charge in [0, 0.05) is 23.2 Å². The molecule has 0 unspecified atom stereocenters. The summed E-state index contributed by atoms with van der Waals surface area (Å²) in [6.07, 6.45) is 1.81. The van der Waals surface area contributed by atoms with Gasteiger partial charge in [-0.2, -0.15) is 0 Å². The van der Waals surface area contributed by atoms with Crippen molar-refractivity contribution in [1.82, 2.24) is 10.7 Å². The molecule has 0 spiro atoms. The Morgan fingerprint density at radius 3 is 2.64 bits per heavy atom. The van der Waals surface area contributed by atoms with Crippen LogP contribution in [-0.4, -0.2) is 18.4 Å². The predicted octanol–water partition coefficient (Wildman–Crippen LogP) is 1.43. The van der Waals surface area contributed by atoms with E-state index >= 15 is 0 Å². The monoisotopic (exact) mass is 334 g/mol. The summed E-state index contributed by atoms with van der Waals surface area (Å²) in [6, 6.07) is 15.3. The molecule has 0 saturated carbocycles. The summed E-state index contributed by atoms with van der Waals surface area (Å²) in [5, 5.41) is 6.94. The zero-order valence-electron chi connectivity index (χ0n) is 12.1. The number of rotatable bonds is 5. The fraction of sp³-hybridized carbons (Fsp3) is 0.125. The van der Waals surface area contributed by atoms with E-state index in [1.165, 1.54) is 0 Å². The molecule has 2 rings (SSSR count). The molecule has 0 aliphatic heterocycles. The van der Waals surface area contributed by atoms with Crippen LogP contribution in [0.1, 0.15) is 11.1 Å². The molecule has 0 aliphatic rings. The summed E-state index contributed by atoms with van der Waals surface area (Å²) >= 11 is 11.0. The van der Waals surface area contributed by atoms with E-state index < -0.39 is 0 Å². The average Bonchev–Trinajstić information content (AvgIpc) is 2.55. The molecule has 2 aromatic rings. The molecule has 3 N–H and O–H groups in total. The summed E-state index contributed by atoms with van der Waals surface area (Å²) in [6.45, 7) is 0.443. The molecule has 0 fully saturated rings. The second kappa shape index (κ2) is 8.36. The third-order valence-corrected chi connectivity index (χ3v) is 3.56. The third-order valence-electron chi connectivity index (χ3n) is 2.88. The maximum atomic E-state index is 6.09. The molecule has 0 heterocycles. The summed E-state index contributed by atoms with van der Waals surface area (Å²) in [4.78, 5) is 0. The van der Waals surface area contributed by atoms with E-state index in [0.717, 1.165) is 16.9 Å². The normalized spacial score (nSPS) is 10.5. The Morgan fingerprint density at radius 1 is 1.23 bits per heavy atom. The van der Waals surface area contributed by atoms with E-state index in [9.17, 15) is 0 Å². The summed E-state index contributed by atoms with van der Waals surface area (Å²) < 4.78 is 5.72. The highest BCUT2D eigenvalue weighted by Gasteiger charge is 2.01. The summed E-state index contributed by atoms with van der Waals surface area (Å²) in [5.74, 6) is 0.788. The minimum absolute atomic E-state index is 0.443. The highest BCUT2D eigenvalue weighted by molar-refractivity contribution is 7.80. The van der Waals surface area contributed by atoms with Crippen molar-refractivity contribution in [1.29, 1.82) is 0 Å². The van der Waals surface area contributed by atoms with Crippen LogP contribution in [0, 0.1) is 0 Å². The first-order chi connectivity index (χ1) is 10.7. The highest BCUT2D eigenvalue weighted by Crippen LogP contribution is 2.18. The van der Waals surface area contributed by atoms with Crippen LogP contribution in [0.3, 0.4) is 0 Å². The summed E-state index contributed by atoms with van der Waals surface area (Å²) in [5.41, 5.74) is 4.78. The largest absolute Gasteiger partial charge is 0.489 e. The number of ether oxygens (including phenoxy) is 1. The van der Waals surface area contributed by atoms with Crippen LogP contribution in [0.4, 0.5) is 0 Å². The molecular formula is C16H17ClN3OS+. The molecule has 0 saturated heterocycles. The van der Waals surface area contributed by atoms with Gasteiger partial charge in [0.1, 0.15) is 12.4 Å². The molecule has 0 bridgehead atoms. The molecule has 0 radical (unpaired) electrons. The Balaban J connectivity index is 1.89. The predicted molar refractivity (Wildman–Crippen MR) is 93.1 cm³/mol. The number of benzene rings is 2. The van der Waals surface area contributed by atoms with Crippen molar-refractivity contribution in [3.05, 3.63) is 64.7 Å². The second-order valence-electron chi connectivity index (χ2n) is 4.44. The maximum Gasteiger partial charge on any atom is 0.223 e. The van der Waals surface area contributed by atoms with Gasteiger partial charge in [0.05, 0.1) is 0 Å². The van der Waals surface area contributed by atoms with Crippen molar-refractivity contribution in [3.8, 4) is 5.75 Å². The van der Waals surface area contributed by atoms with Crippen LogP contribution in [0.5, 0.6) is 5.75 Å². The van der Waals surface area contributed by atoms with Gasteiger partial charge in [0.2, 0.25) is 5.11 Å². The van der Waals surface area contributed by atoms with Crippen molar-refractivity contribution in [3.63, 3.8) is 0 Å². The van der Waals surface area contributed by atoms with Gasteiger partial charge in [-0.05, 0) is 42.5 Å². The van der Waals surface area contributed by atoms with Gasteiger partial charge >= 0.3 is 0 Å². The number of hydrazone groups is 1. The minimum atomic E-state index is 0.443. The number of thiocarbonyl (C=S) groups is 1. The first kappa shape index (κ1) is 16.3. The van der Waals surface area contributed by atoms with Crippen molar-refractivity contribution in [2.75, 3.05) is 7.05 Å². The lowest BCUT2D eigenvalue weighted by atomic mass is 10.2. The van der Waals surface area contributed by atoms with Crippen LogP contribution >= 0.6 is 23.8 Å². The van der Waals surface area contributed by atoms with E-state index in [2.05, 4.69) is 15.8 Å². The Hall–Kier alpha value is -2.11. The average molecular weight is 335 g/mol. The zero-order valence-corrected chi connectivity index (χ0v) is 13.7. The van der Waals surface area contributed by atoms with Gasteiger partial charge in [-0.3, -0.25) is 0 Å². The standard InChI is InChI=1S/C16H16ClN3OS/c1-18-16(22)20-19-10-12-6-8-14(9-7-12)21-11-13-4-2-3-5-15(13)17/h2-10H,11H2,1H3,(H2,18,20,22)/p+1. The molecule has 0 atom stereocenters. The van der Waals surface area contributed by atoms with Crippen LogP contribution in [-0.2, 0) is 6.61 Å². The Labute approximate surface area is 140 Å². The van der Waals surface area contributed by atoms with Crippen LogP contribution in [0.2, 0.25) is 5.02 Å². The Bertz CT molecular complexity index is 659. The van der Waals surface area contributed by atoms with Gasteiger partial charge in [0.25, 0.3) is 0 Å². The molecular weight excluding hydrogens is 318 g/mol.